The predicted molar refractivity (Wildman–Crippen MR) is 171 cm³/mol. The summed E-state index contributed by atoms with van der Waals surface area (Å²) < 4.78 is 2.24. The summed E-state index contributed by atoms with van der Waals surface area (Å²) in [6.45, 7) is -0.234. The first-order valence-corrected chi connectivity index (χ1v) is 15.9. The van der Waals surface area contributed by atoms with Gasteiger partial charge in [-0.1, -0.05) is 62.8 Å². The van der Waals surface area contributed by atoms with Gasteiger partial charge >= 0.3 is 4.87 Å². The minimum atomic E-state index is -0.758. The number of hydrogen-bond donors (Lipinski definition) is 1. The first-order chi connectivity index (χ1) is 20.1. The van der Waals surface area contributed by atoms with Gasteiger partial charge in [0.2, 0.25) is 17.7 Å². The highest BCUT2D eigenvalue weighted by atomic mass is 79.9. The molecular weight excluding hydrogens is 660 g/mol. The van der Waals surface area contributed by atoms with Crippen molar-refractivity contribution in [2.75, 3.05) is 29.2 Å². The lowest BCUT2D eigenvalue weighted by molar-refractivity contribution is -0.122. The Bertz CT molecular complexity index is 1750. The number of carbonyl (C=O) groups excluding carboxylic acids is 3. The fourth-order valence-corrected chi connectivity index (χ4v) is 8.48. The van der Waals surface area contributed by atoms with Crippen molar-refractivity contribution >= 4 is 85.4 Å². The van der Waals surface area contributed by atoms with E-state index in [0.29, 0.717) is 26.3 Å². The zero-order valence-corrected chi connectivity index (χ0v) is 26.4. The van der Waals surface area contributed by atoms with Gasteiger partial charge in [-0.05, 0) is 66.2 Å². The Morgan fingerprint density at radius 2 is 1.62 bits per heavy atom. The summed E-state index contributed by atoms with van der Waals surface area (Å²) in [7, 11) is 3.88. The van der Waals surface area contributed by atoms with Crippen LogP contribution in [0.15, 0.2) is 87.1 Å². The highest BCUT2D eigenvalue weighted by molar-refractivity contribution is 9.10. The van der Waals surface area contributed by atoms with E-state index in [0.717, 1.165) is 27.1 Å². The molecule has 1 aromatic heterocycles. The Balaban J connectivity index is 1.41. The maximum absolute atomic E-state index is 14.0. The molecule has 1 saturated heterocycles. The molecule has 1 N–H and O–H groups in total. The molecule has 0 aliphatic carbocycles. The van der Waals surface area contributed by atoms with Crippen LogP contribution in [0.5, 0.6) is 0 Å². The van der Waals surface area contributed by atoms with Crippen molar-refractivity contribution in [3.8, 4) is 0 Å². The van der Waals surface area contributed by atoms with Crippen LogP contribution in [0.2, 0.25) is 5.02 Å². The molecule has 2 aliphatic heterocycles. The number of aromatic nitrogens is 1. The molecule has 0 saturated carbocycles. The summed E-state index contributed by atoms with van der Waals surface area (Å²) in [5.74, 6) is -2.27. The molecule has 42 heavy (non-hydrogen) atoms. The molecule has 12 heteroatoms. The van der Waals surface area contributed by atoms with Crippen LogP contribution in [-0.2, 0) is 20.9 Å². The van der Waals surface area contributed by atoms with E-state index in [1.54, 1.807) is 48.5 Å². The molecule has 2 aliphatic rings. The third kappa shape index (κ3) is 5.19. The number of benzene rings is 3. The lowest BCUT2D eigenvalue weighted by Gasteiger charge is -2.31. The minimum Gasteiger partial charge on any atom is -0.378 e. The van der Waals surface area contributed by atoms with Crippen LogP contribution in [0.4, 0.5) is 17.1 Å². The SMILES string of the molecule is CN(C)c1ccc([C@H]2c3sc(=O)n(CC(=O)Nc4ccc(Cl)cc4)c3SC3C(=O)N(c4ccc(Br)cc4)C(=O)C32)cc1. The third-order valence-corrected chi connectivity index (χ3v) is 10.7. The van der Waals surface area contributed by atoms with Gasteiger partial charge < -0.3 is 10.2 Å². The number of imide groups is 1. The molecule has 6 rings (SSSR count). The van der Waals surface area contributed by atoms with Gasteiger partial charge in [0.05, 0.1) is 16.6 Å². The van der Waals surface area contributed by atoms with Crippen LogP contribution in [0.1, 0.15) is 16.4 Å². The number of carbonyl (C=O) groups is 3. The molecule has 214 valence electrons. The largest absolute Gasteiger partial charge is 0.378 e. The summed E-state index contributed by atoms with van der Waals surface area (Å²) >= 11 is 11.6. The monoisotopic (exact) mass is 682 g/mol. The fraction of sp³-hybridized carbons (Fsp3) is 0.200. The van der Waals surface area contributed by atoms with E-state index >= 15 is 0 Å². The van der Waals surface area contributed by atoms with Crippen molar-refractivity contribution in [1.82, 2.24) is 4.57 Å². The van der Waals surface area contributed by atoms with E-state index in [-0.39, 0.29) is 29.1 Å². The van der Waals surface area contributed by atoms with Crippen LogP contribution in [-0.4, -0.2) is 41.6 Å². The van der Waals surface area contributed by atoms with Gasteiger partial charge in [-0.2, -0.15) is 0 Å². The van der Waals surface area contributed by atoms with Crippen LogP contribution in [0, 0.1) is 5.92 Å². The van der Waals surface area contributed by atoms with Gasteiger partial charge in [-0.3, -0.25) is 23.7 Å². The van der Waals surface area contributed by atoms with Gasteiger partial charge in [-0.25, -0.2) is 4.90 Å². The molecule has 3 atom stereocenters. The highest BCUT2D eigenvalue weighted by Gasteiger charge is 2.56. The first kappa shape index (κ1) is 28.7. The number of halogens is 2. The number of thiazole rings is 1. The second-order valence-electron chi connectivity index (χ2n) is 10.2. The second-order valence-corrected chi connectivity index (χ2v) is 13.7. The Morgan fingerprint density at radius 1 is 0.952 bits per heavy atom. The summed E-state index contributed by atoms with van der Waals surface area (Å²) in [5, 5.41) is 3.12. The molecule has 0 bridgehead atoms. The average Bonchev–Trinajstić information content (AvgIpc) is 3.41. The fourth-order valence-electron chi connectivity index (χ4n) is 5.32. The van der Waals surface area contributed by atoms with E-state index in [1.165, 1.54) is 21.2 Å². The summed E-state index contributed by atoms with van der Waals surface area (Å²) in [6.07, 6.45) is 0. The standard InChI is InChI=1S/C30H24BrClN4O4S2/c1-34(2)20-11-3-16(4-12-20)23-24-25(28(39)36(27(24)38)21-13-5-17(31)6-14-21)41-29-26(23)42-30(40)35(29)15-22(37)33-19-9-7-18(32)8-10-19/h3-14,23-25H,15H2,1-2H3,(H,33,37)/t23-,24?,25?/m1/s1. The highest BCUT2D eigenvalue weighted by Crippen LogP contribution is 2.54. The number of fused-ring (bicyclic) bond motifs is 2. The summed E-state index contributed by atoms with van der Waals surface area (Å²) in [6, 6.07) is 21.5. The number of nitrogens with zero attached hydrogens (tertiary/aromatic N) is 3. The van der Waals surface area contributed by atoms with Gasteiger partial charge in [-0.15, -0.1) is 0 Å². The maximum atomic E-state index is 14.0. The minimum absolute atomic E-state index is 0.234. The van der Waals surface area contributed by atoms with Crippen molar-refractivity contribution in [3.63, 3.8) is 0 Å². The Morgan fingerprint density at radius 3 is 2.26 bits per heavy atom. The van der Waals surface area contributed by atoms with Crippen LogP contribution >= 0.6 is 50.6 Å². The lowest BCUT2D eigenvalue weighted by Crippen LogP contribution is -2.33. The molecule has 8 nitrogen and oxygen atoms in total. The average molecular weight is 684 g/mol. The summed E-state index contributed by atoms with van der Waals surface area (Å²) in [5.41, 5.74) is 2.86. The predicted octanol–water partition coefficient (Wildman–Crippen LogP) is 5.83. The molecule has 4 aromatic rings. The van der Waals surface area contributed by atoms with Crippen LogP contribution in [0.25, 0.3) is 0 Å². The Hall–Kier alpha value is -3.38. The molecular formula is C30H24BrClN4O4S2. The Kier molecular flexibility index (Phi) is 7.77. The van der Waals surface area contributed by atoms with E-state index in [2.05, 4.69) is 21.2 Å². The zero-order valence-electron chi connectivity index (χ0n) is 22.4. The molecule has 3 aromatic carbocycles. The Labute approximate surface area is 263 Å². The van der Waals surface area contributed by atoms with Crippen molar-refractivity contribution < 1.29 is 14.4 Å². The van der Waals surface area contributed by atoms with Crippen molar-refractivity contribution in [2.24, 2.45) is 5.92 Å². The second kappa shape index (κ2) is 11.4. The number of rotatable bonds is 6. The molecule has 3 heterocycles. The summed E-state index contributed by atoms with van der Waals surface area (Å²) in [4.78, 5) is 57.8. The topological polar surface area (TPSA) is 91.7 Å². The van der Waals surface area contributed by atoms with E-state index < -0.39 is 17.1 Å². The molecule has 1 fully saturated rings. The number of amides is 3. The van der Waals surface area contributed by atoms with Gasteiger partial charge in [0.1, 0.15) is 11.8 Å². The smallest absolute Gasteiger partial charge is 0.308 e. The van der Waals surface area contributed by atoms with Crippen LogP contribution < -0.4 is 20.0 Å². The molecule has 2 unspecified atom stereocenters. The van der Waals surface area contributed by atoms with E-state index in [4.69, 9.17) is 11.6 Å². The van der Waals surface area contributed by atoms with Crippen molar-refractivity contribution in [2.45, 2.75) is 22.7 Å². The number of thioether (sulfide) groups is 1. The van der Waals surface area contributed by atoms with Crippen molar-refractivity contribution in [1.29, 1.82) is 0 Å². The molecule has 0 spiro atoms. The number of anilines is 3. The molecule has 0 radical (unpaired) electrons. The van der Waals surface area contributed by atoms with Gasteiger partial charge in [0.25, 0.3) is 0 Å². The first-order valence-electron chi connectivity index (χ1n) is 13.0. The van der Waals surface area contributed by atoms with Gasteiger partial charge in [0.15, 0.2) is 0 Å². The van der Waals surface area contributed by atoms with E-state index in [1.807, 2.05) is 43.3 Å². The van der Waals surface area contributed by atoms with Gasteiger partial charge in [0, 0.05) is 45.8 Å². The molecule has 3 amide bonds. The maximum Gasteiger partial charge on any atom is 0.308 e. The van der Waals surface area contributed by atoms with Crippen LogP contribution in [0.3, 0.4) is 0 Å². The number of nitrogens with one attached hydrogen (secondary N) is 1. The quantitative estimate of drug-likeness (QED) is 0.258. The number of hydrogen-bond acceptors (Lipinski definition) is 7. The van der Waals surface area contributed by atoms with E-state index in [9.17, 15) is 19.2 Å². The lowest BCUT2D eigenvalue weighted by atomic mass is 9.83. The third-order valence-electron chi connectivity index (χ3n) is 7.33. The zero-order chi connectivity index (χ0) is 29.7. The normalized spacial score (nSPS) is 19.4. The van der Waals surface area contributed by atoms with Crippen molar-refractivity contribution in [3.05, 3.63) is 102 Å².